The Hall–Kier alpha value is -3.28. The Bertz CT molecular complexity index is 1730. The zero-order valence-corrected chi connectivity index (χ0v) is 24.7. The first kappa shape index (κ1) is 27.9. The summed E-state index contributed by atoms with van der Waals surface area (Å²) in [7, 11) is 0. The highest BCUT2D eigenvalue weighted by molar-refractivity contribution is 8.00. The zero-order valence-electron chi connectivity index (χ0n) is 20.8. The molecule has 1 atom stereocenters. The van der Waals surface area contributed by atoms with Gasteiger partial charge in [-0.05, 0) is 47.5 Å². The molecule has 0 spiro atoms. The summed E-state index contributed by atoms with van der Waals surface area (Å²) >= 11 is 21.3. The van der Waals surface area contributed by atoms with Crippen molar-refractivity contribution in [3.63, 3.8) is 0 Å². The molecule has 41 heavy (non-hydrogen) atoms. The van der Waals surface area contributed by atoms with Crippen molar-refractivity contribution in [1.82, 2.24) is 10.2 Å². The summed E-state index contributed by atoms with van der Waals surface area (Å²) in [4.78, 5) is 28.2. The number of rotatable bonds is 6. The summed E-state index contributed by atoms with van der Waals surface area (Å²) in [5.74, 6) is -0.646. The van der Waals surface area contributed by atoms with Crippen LogP contribution in [0.5, 0.6) is 11.5 Å². The van der Waals surface area contributed by atoms with Crippen molar-refractivity contribution in [2.75, 3.05) is 18.1 Å². The second-order valence-corrected chi connectivity index (χ2v) is 12.3. The van der Waals surface area contributed by atoms with Crippen LogP contribution in [0.2, 0.25) is 15.1 Å². The number of benzene rings is 3. The van der Waals surface area contributed by atoms with Crippen LogP contribution >= 0.6 is 57.9 Å². The van der Waals surface area contributed by atoms with Crippen LogP contribution in [0.25, 0.3) is 5.76 Å². The first-order valence-electron chi connectivity index (χ1n) is 12.2. The third-order valence-electron chi connectivity index (χ3n) is 6.43. The Balaban J connectivity index is 1.41. The number of anilines is 1. The lowest BCUT2D eigenvalue weighted by Crippen LogP contribution is -2.29. The van der Waals surface area contributed by atoms with Crippen molar-refractivity contribution in [1.29, 1.82) is 0 Å². The minimum atomic E-state index is -1.05. The van der Waals surface area contributed by atoms with Gasteiger partial charge in [0.15, 0.2) is 15.8 Å². The van der Waals surface area contributed by atoms with E-state index >= 15 is 0 Å². The van der Waals surface area contributed by atoms with Crippen LogP contribution in [0.1, 0.15) is 22.7 Å². The Morgan fingerprint density at radius 2 is 1.73 bits per heavy atom. The number of hydrogen-bond donors (Lipinski definition) is 1. The molecule has 0 radical (unpaired) electrons. The molecular weight excluding hydrogens is 629 g/mol. The van der Waals surface area contributed by atoms with Gasteiger partial charge in [-0.3, -0.25) is 14.5 Å². The molecule has 3 aromatic carbocycles. The Labute approximate surface area is 257 Å². The summed E-state index contributed by atoms with van der Waals surface area (Å²) in [6.45, 7) is 0.750. The molecule has 1 amide bonds. The lowest BCUT2D eigenvalue weighted by atomic mass is 9.95. The topological polar surface area (TPSA) is 102 Å². The Kier molecular flexibility index (Phi) is 7.84. The fourth-order valence-electron chi connectivity index (χ4n) is 4.49. The van der Waals surface area contributed by atoms with Gasteiger partial charge in [-0.2, -0.15) is 0 Å². The molecule has 208 valence electrons. The summed E-state index contributed by atoms with van der Waals surface area (Å²) in [5, 5.41) is 21.2. The monoisotopic (exact) mass is 645 g/mol. The van der Waals surface area contributed by atoms with Crippen molar-refractivity contribution < 1.29 is 24.2 Å². The molecule has 13 heteroatoms. The van der Waals surface area contributed by atoms with Crippen molar-refractivity contribution >= 4 is 80.5 Å². The van der Waals surface area contributed by atoms with E-state index in [4.69, 9.17) is 44.3 Å². The van der Waals surface area contributed by atoms with E-state index in [0.717, 1.165) is 16.9 Å². The van der Waals surface area contributed by atoms with Crippen LogP contribution in [0.15, 0.2) is 70.6 Å². The molecule has 1 aromatic heterocycles. The van der Waals surface area contributed by atoms with Crippen molar-refractivity contribution in [3.8, 4) is 11.5 Å². The van der Waals surface area contributed by atoms with Gasteiger partial charge in [0.05, 0.1) is 21.7 Å². The van der Waals surface area contributed by atoms with Gasteiger partial charge in [0, 0.05) is 16.3 Å². The number of Topliss-reactive ketones (excluding diaryl/α,β-unsaturated/α-hetero) is 1. The molecule has 3 heterocycles. The van der Waals surface area contributed by atoms with E-state index in [9.17, 15) is 14.7 Å². The lowest BCUT2D eigenvalue weighted by Gasteiger charge is -2.23. The van der Waals surface area contributed by atoms with E-state index in [0.29, 0.717) is 50.4 Å². The van der Waals surface area contributed by atoms with Gasteiger partial charge in [-0.25, -0.2) is 0 Å². The molecule has 0 bridgehead atoms. The number of carbonyl (C=O) groups is 2. The fraction of sp³-hybridized carbons (Fsp3) is 0.143. The maximum Gasteiger partial charge on any atom is 0.301 e. The summed E-state index contributed by atoms with van der Waals surface area (Å²) in [6.07, 6.45) is 0. The highest BCUT2D eigenvalue weighted by Crippen LogP contribution is 2.45. The van der Waals surface area contributed by atoms with Crippen LogP contribution in [0.4, 0.5) is 5.13 Å². The number of amides is 1. The maximum atomic E-state index is 13.5. The normalized spacial score (nSPS) is 17.7. The molecule has 6 rings (SSSR count). The second-order valence-electron chi connectivity index (χ2n) is 8.93. The number of thioether (sulfide) groups is 1. The first-order valence-corrected chi connectivity index (χ1v) is 15.1. The Morgan fingerprint density at radius 1 is 0.951 bits per heavy atom. The van der Waals surface area contributed by atoms with Gasteiger partial charge in [0.25, 0.3) is 5.78 Å². The van der Waals surface area contributed by atoms with E-state index in [1.54, 1.807) is 42.5 Å². The quantitative estimate of drug-likeness (QED) is 0.0773. The number of hydrogen-bond acceptors (Lipinski definition) is 9. The predicted molar refractivity (Wildman–Crippen MR) is 160 cm³/mol. The van der Waals surface area contributed by atoms with Gasteiger partial charge in [-0.15, -0.1) is 10.2 Å². The standard InChI is InChI=1S/C28H18Cl3N3O5S2/c29-17-4-2-1-3-16(17)13-40-28-33-32-27(41-28)34-23(14-5-7-18(30)19(31)11-14)22(25(36)26(34)37)24(35)15-6-8-20-21(12-15)39-10-9-38-20/h1-8,11-12,23,35H,9-10,13H2/b24-22+. The maximum absolute atomic E-state index is 13.5. The summed E-state index contributed by atoms with van der Waals surface area (Å²) in [6, 6.07) is 16.0. The van der Waals surface area contributed by atoms with E-state index in [1.807, 2.05) is 18.2 Å². The zero-order chi connectivity index (χ0) is 28.7. The largest absolute Gasteiger partial charge is 0.507 e. The van der Waals surface area contributed by atoms with Gasteiger partial charge < -0.3 is 14.6 Å². The number of nitrogens with zero attached hydrogens (tertiary/aromatic N) is 3. The fourth-order valence-corrected chi connectivity index (χ4v) is 6.95. The minimum Gasteiger partial charge on any atom is -0.507 e. The number of fused-ring (bicyclic) bond motifs is 1. The number of ketones is 1. The number of carbonyl (C=O) groups excluding carboxylic acids is 2. The summed E-state index contributed by atoms with van der Waals surface area (Å²) in [5.41, 5.74) is 1.53. The van der Waals surface area contributed by atoms with E-state index in [1.165, 1.54) is 16.7 Å². The lowest BCUT2D eigenvalue weighted by molar-refractivity contribution is -0.132. The molecule has 4 aromatic rings. The van der Waals surface area contributed by atoms with E-state index in [-0.39, 0.29) is 27.0 Å². The smallest absolute Gasteiger partial charge is 0.301 e. The highest BCUT2D eigenvalue weighted by Gasteiger charge is 2.48. The van der Waals surface area contributed by atoms with Crippen LogP contribution in [-0.2, 0) is 15.3 Å². The number of aliphatic hydroxyl groups excluding tert-OH is 1. The van der Waals surface area contributed by atoms with Crippen LogP contribution in [0.3, 0.4) is 0 Å². The van der Waals surface area contributed by atoms with Crippen LogP contribution in [-0.4, -0.2) is 40.2 Å². The van der Waals surface area contributed by atoms with Crippen LogP contribution < -0.4 is 14.4 Å². The molecule has 1 unspecified atom stereocenters. The molecule has 0 saturated carbocycles. The number of ether oxygens (including phenoxy) is 2. The molecule has 0 aliphatic carbocycles. The van der Waals surface area contributed by atoms with E-state index in [2.05, 4.69) is 10.2 Å². The molecule has 2 aliphatic heterocycles. The molecule has 1 saturated heterocycles. The molecule has 8 nitrogen and oxygen atoms in total. The van der Waals surface area contributed by atoms with Gasteiger partial charge in [0.1, 0.15) is 19.0 Å². The molecule has 2 aliphatic rings. The SMILES string of the molecule is O=C1C(=O)N(c2nnc(SCc3ccccc3Cl)s2)C(c2ccc(Cl)c(Cl)c2)/C1=C(\O)c1ccc2c(c1)OCCO2. The number of aromatic nitrogens is 2. The third-order valence-corrected chi connectivity index (χ3v) is 9.64. The molecular formula is C28H18Cl3N3O5S2. The predicted octanol–water partition coefficient (Wildman–Crippen LogP) is 7.19. The van der Waals surface area contributed by atoms with Crippen molar-refractivity contribution in [2.45, 2.75) is 16.1 Å². The van der Waals surface area contributed by atoms with Crippen LogP contribution in [0, 0.1) is 0 Å². The van der Waals surface area contributed by atoms with Gasteiger partial charge >= 0.3 is 5.91 Å². The average molecular weight is 647 g/mol. The average Bonchev–Trinajstić information content (AvgIpc) is 3.55. The second kappa shape index (κ2) is 11.5. The molecule has 1 N–H and O–H groups in total. The van der Waals surface area contributed by atoms with E-state index < -0.39 is 17.7 Å². The van der Waals surface area contributed by atoms with Crippen molar-refractivity contribution in [2.24, 2.45) is 0 Å². The third kappa shape index (κ3) is 5.38. The highest BCUT2D eigenvalue weighted by atomic mass is 35.5. The minimum absolute atomic E-state index is 0.134. The number of halogens is 3. The van der Waals surface area contributed by atoms with Gasteiger partial charge in [0.2, 0.25) is 5.13 Å². The molecule has 1 fully saturated rings. The van der Waals surface area contributed by atoms with Gasteiger partial charge in [-0.1, -0.05) is 82.2 Å². The van der Waals surface area contributed by atoms with Crippen molar-refractivity contribution in [3.05, 3.63) is 98.0 Å². The summed E-state index contributed by atoms with van der Waals surface area (Å²) < 4.78 is 11.8. The Morgan fingerprint density at radius 3 is 2.51 bits per heavy atom. The number of aliphatic hydroxyl groups is 1. The first-order chi connectivity index (χ1) is 19.8.